The monoisotopic (exact) mass is 413 g/mol. The molecule has 4 rings (SSSR count). The number of nitrogens with zero attached hydrogens (tertiary/aromatic N) is 1. The molecule has 7 heteroatoms. The second-order valence-corrected chi connectivity index (χ2v) is 8.04. The van der Waals surface area contributed by atoms with Gasteiger partial charge in [-0.15, -0.1) is 11.3 Å². The van der Waals surface area contributed by atoms with E-state index in [1.165, 1.54) is 11.3 Å². The number of ether oxygens (including phenoxy) is 2. The molecule has 1 amide bonds. The van der Waals surface area contributed by atoms with Gasteiger partial charge in [0, 0.05) is 23.6 Å². The number of Topliss-reactive ketones (excluding diaryl/α,β-unsaturated/α-hetero) is 1. The van der Waals surface area contributed by atoms with Gasteiger partial charge >= 0.3 is 0 Å². The van der Waals surface area contributed by atoms with Gasteiger partial charge in [-0.2, -0.15) is 0 Å². The maximum atomic E-state index is 12.9. The number of carbonyl (C=O) groups excluding carboxylic acids is 2. The fraction of sp³-hybridized carbons (Fsp3) is 0.364. The first-order valence-electron chi connectivity index (χ1n) is 9.76. The Kier molecular flexibility index (Phi) is 5.69. The van der Waals surface area contributed by atoms with Crippen LogP contribution in [0.1, 0.15) is 36.2 Å². The zero-order chi connectivity index (χ0) is 20.4. The molecule has 152 valence electrons. The van der Waals surface area contributed by atoms with Crippen molar-refractivity contribution in [3.8, 4) is 5.75 Å². The van der Waals surface area contributed by atoms with Gasteiger partial charge in [-0.3, -0.25) is 9.59 Å². The lowest BCUT2D eigenvalue weighted by Crippen LogP contribution is -2.36. The van der Waals surface area contributed by atoms with Crippen molar-refractivity contribution in [3.05, 3.63) is 57.8 Å². The van der Waals surface area contributed by atoms with Crippen molar-refractivity contribution in [1.29, 1.82) is 0 Å². The molecule has 1 N–H and O–H groups in total. The summed E-state index contributed by atoms with van der Waals surface area (Å²) in [6.45, 7) is 3.44. The largest absolute Gasteiger partial charge is 0.507 e. The molecular formula is C22H23NO5S. The SMILES string of the molecule is CCOc1ccc(C(O)=C2C(=O)C(=O)N(C[C@H]3CCCO3)[C@@H]2c2cccs2)cc1. The van der Waals surface area contributed by atoms with Gasteiger partial charge in [0.25, 0.3) is 11.7 Å². The maximum Gasteiger partial charge on any atom is 0.295 e. The molecule has 0 saturated carbocycles. The van der Waals surface area contributed by atoms with Crippen molar-refractivity contribution in [2.45, 2.75) is 31.9 Å². The van der Waals surface area contributed by atoms with Crippen molar-refractivity contribution in [1.82, 2.24) is 4.90 Å². The van der Waals surface area contributed by atoms with Gasteiger partial charge in [0.2, 0.25) is 0 Å². The predicted molar refractivity (Wildman–Crippen MR) is 110 cm³/mol. The first kappa shape index (κ1) is 19.7. The minimum Gasteiger partial charge on any atom is -0.507 e. The van der Waals surface area contributed by atoms with Crippen molar-refractivity contribution < 1.29 is 24.2 Å². The fourth-order valence-electron chi connectivity index (χ4n) is 3.85. The summed E-state index contributed by atoms with van der Waals surface area (Å²) in [5, 5.41) is 12.9. The summed E-state index contributed by atoms with van der Waals surface area (Å²) < 4.78 is 11.1. The zero-order valence-electron chi connectivity index (χ0n) is 16.2. The van der Waals surface area contributed by atoms with E-state index in [4.69, 9.17) is 9.47 Å². The molecule has 1 aromatic heterocycles. The minimum absolute atomic E-state index is 0.0822. The second kappa shape index (κ2) is 8.39. The van der Waals surface area contributed by atoms with E-state index in [0.717, 1.165) is 17.7 Å². The molecule has 0 aliphatic carbocycles. The normalized spacial score (nSPS) is 23.7. The molecule has 6 nitrogen and oxygen atoms in total. The van der Waals surface area contributed by atoms with Crippen molar-refractivity contribution in [2.75, 3.05) is 19.8 Å². The Hall–Kier alpha value is -2.64. The van der Waals surface area contributed by atoms with Crippen LogP contribution in [0.25, 0.3) is 5.76 Å². The van der Waals surface area contributed by atoms with E-state index in [-0.39, 0.29) is 17.4 Å². The first-order chi connectivity index (χ1) is 14.1. The van der Waals surface area contributed by atoms with Crippen LogP contribution in [0.5, 0.6) is 5.75 Å². The van der Waals surface area contributed by atoms with Crippen LogP contribution in [0, 0.1) is 0 Å². The van der Waals surface area contributed by atoms with Crippen molar-refractivity contribution in [2.24, 2.45) is 0 Å². The van der Waals surface area contributed by atoms with Crippen molar-refractivity contribution in [3.63, 3.8) is 0 Å². The molecule has 29 heavy (non-hydrogen) atoms. The Morgan fingerprint density at radius 1 is 1.28 bits per heavy atom. The summed E-state index contributed by atoms with van der Waals surface area (Å²) in [7, 11) is 0. The molecule has 0 radical (unpaired) electrons. The number of aliphatic hydroxyl groups excluding tert-OH is 1. The first-order valence-corrected chi connectivity index (χ1v) is 10.6. The Morgan fingerprint density at radius 3 is 2.69 bits per heavy atom. The Balaban J connectivity index is 1.74. The van der Waals surface area contributed by atoms with Gasteiger partial charge in [0.15, 0.2) is 0 Å². The number of amides is 1. The number of carbonyl (C=O) groups is 2. The maximum absolute atomic E-state index is 12.9. The van der Waals surface area contributed by atoms with Gasteiger partial charge in [-0.05, 0) is 55.5 Å². The van der Waals surface area contributed by atoms with E-state index >= 15 is 0 Å². The lowest BCUT2D eigenvalue weighted by Gasteiger charge is -2.26. The Labute approximate surface area is 173 Å². The number of thiophene rings is 1. The Bertz CT molecular complexity index is 913. The highest BCUT2D eigenvalue weighted by molar-refractivity contribution is 7.10. The molecule has 2 aromatic rings. The molecule has 3 heterocycles. The number of hydrogen-bond acceptors (Lipinski definition) is 6. The summed E-state index contributed by atoms with van der Waals surface area (Å²) in [5.41, 5.74) is 0.602. The topological polar surface area (TPSA) is 76.1 Å². The highest BCUT2D eigenvalue weighted by Crippen LogP contribution is 2.41. The average Bonchev–Trinajstić information content (AvgIpc) is 3.47. The average molecular weight is 413 g/mol. The molecule has 0 bridgehead atoms. The van der Waals surface area contributed by atoms with Crippen LogP contribution in [-0.2, 0) is 14.3 Å². The van der Waals surface area contributed by atoms with E-state index in [2.05, 4.69) is 0 Å². The zero-order valence-corrected chi connectivity index (χ0v) is 17.0. The van der Waals surface area contributed by atoms with Crippen LogP contribution in [0.4, 0.5) is 0 Å². The molecule has 2 aliphatic heterocycles. The van der Waals surface area contributed by atoms with Crippen LogP contribution < -0.4 is 4.74 Å². The molecule has 1 aromatic carbocycles. The molecule has 2 aliphatic rings. The highest BCUT2D eigenvalue weighted by Gasteiger charge is 2.47. The quantitative estimate of drug-likeness (QED) is 0.443. The summed E-state index contributed by atoms with van der Waals surface area (Å²) >= 11 is 1.46. The van der Waals surface area contributed by atoms with Gasteiger partial charge < -0.3 is 19.5 Å². The van der Waals surface area contributed by atoms with Gasteiger partial charge in [-0.1, -0.05) is 6.07 Å². The predicted octanol–water partition coefficient (Wildman–Crippen LogP) is 3.75. The van der Waals surface area contributed by atoms with Gasteiger partial charge in [0.05, 0.1) is 24.3 Å². The van der Waals surface area contributed by atoms with Gasteiger partial charge in [-0.25, -0.2) is 0 Å². The van der Waals surface area contributed by atoms with E-state index in [9.17, 15) is 14.7 Å². The van der Waals surface area contributed by atoms with Crippen LogP contribution in [0.2, 0.25) is 0 Å². The van der Waals surface area contributed by atoms with Crippen LogP contribution >= 0.6 is 11.3 Å². The number of ketones is 1. The van der Waals surface area contributed by atoms with E-state index in [0.29, 0.717) is 31.1 Å². The fourth-order valence-corrected chi connectivity index (χ4v) is 4.70. The molecule has 2 atom stereocenters. The standard InChI is InChI=1S/C22H23NO5S/c1-2-27-15-9-7-14(8-10-15)20(24)18-19(17-6-4-12-29-17)23(22(26)21(18)25)13-16-5-3-11-28-16/h4,6-10,12,16,19,24H,2-3,5,11,13H2,1H3/t16-,19-/m1/s1. The number of hydrogen-bond donors (Lipinski definition) is 1. The smallest absolute Gasteiger partial charge is 0.295 e. The molecule has 2 fully saturated rings. The molecular weight excluding hydrogens is 390 g/mol. The van der Waals surface area contributed by atoms with E-state index < -0.39 is 17.7 Å². The number of benzene rings is 1. The third kappa shape index (κ3) is 3.80. The lowest BCUT2D eigenvalue weighted by atomic mass is 9.99. The third-order valence-corrected chi connectivity index (χ3v) is 6.14. The molecule has 0 unspecified atom stereocenters. The number of rotatable bonds is 6. The highest BCUT2D eigenvalue weighted by atomic mass is 32.1. The van der Waals surface area contributed by atoms with Gasteiger partial charge in [0.1, 0.15) is 11.5 Å². The van der Waals surface area contributed by atoms with Crippen LogP contribution in [0.3, 0.4) is 0 Å². The number of likely N-dealkylation sites (tertiary alicyclic amines) is 1. The number of aliphatic hydroxyl groups is 1. The molecule has 2 saturated heterocycles. The summed E-state index contributed by atoms with van der Waals surface area (Å²) in [4.78, 5) is 28.1. The lowest BCUT2D eigenvalue weighted by molar-refractivity contribution is -0.140. The molecule has 0 spiro atoms. The Morgan fingerprint density at radius 2 is 2.07 bits per heavy atom. The second-order valence-electron chi connectivity index (χ2n) is 7.06. The summed E-state index contributed by atoms with van der Waals surface area (Å²) in [6.07, 6.45) is 1.73. The van der Waals surface area contributed by atoms with E-state index in [1.807, 2.05) is 24.4 Å². The van der Waals surface area contributed by atoms with Crippen molar-refractivity contribution >= 4 is 28.8 Å². The van der Waals surface area contributed by atoms with Crippen LogP contribution in [0.15, 0.2) is 47.4 Å². The summed E-state index contributed by atoms with van der Waals surface area (Å²) in [6, 6.07) is 10.0. The van der Waals surface area contributed by atoms with E-state index in [1.54, 1.807) is 29.2 Å². The minimum atomic E-state index is -0.659. The third-order valence-electron chi connectivity index (χ3n) is 5.22. The summed E-state index contributed by atoms with van der Waals surface area (Å²) in [5.74, 6) is -0.739. The van der Waals surface area contributed by atoms with Crippen LogP contribution in [-0.4, -0.2) is 47.6 Å².